The Morgan fingerprint density at radius 3 is 2.29 bits per heavy atom. The van der Waals surface area contributed by atoms with Crippen molar-refractivity contribution in [3.63, 3.8) is 0 Å². The van der Waals surface area contributed by atoms with Gasteiger partial charge in [0.2, 0.25) is 0 Å². The molecule has 0 bridgehead atoms. The molecule has 0 radical (unpaired) electrons. The lowest BCUT2D eigenvalue weighted by Gasteiger charge is -2.33. The second-order valence-corrected chi connectivity index (χ2v) is 7.03. The van der Waals surface area contributed by atoms with Gasteiger partial charge in [0.15, 0.2) is 0 Å². The molecule has 0 saturated heterocycles. The van der Waals surface area contributed by atoms with E-state index in [2.05, 4.69) is 39.9 Å². The number of hydrogen-bond acceptors (Lipinski definition) is 1. The van der Waals surface area contributed by atoms with Crippen LogP contribution in [0.4, 0.5) is 0 Å². The third-order valence-electron chi connectivity index (χ3n) is 4.49. The van der Waals surface area contributed by atoms with E-state index in [1.54, 1.807) is 0 Å². The number of rotatable bonds is 6. The zero-order valence-electron chi connectivity index (χ0n) is 12.6. The summed E-state index contributed by atoms with van der Waals surface area (Å²) in [6.07, 6.45) is 5.83. The van der Waals surface area contributed by atoms with Crippen LogP contribution in [0.5, 0.6) is 0 Å². The highest BCUT2D eigenvalue weighted by atomic mass is 14.9. The van der Waals surface area contributed by atoms with Crippen LogP contribution in [-0.4, -0.2) is 13.1 Å². The minimum Gasteiger partial charge on any atom is -0.316 e. The predicted molar refractivity (Wildman–Crippen MR) is 77.2 cm³/mol. The average molecular weight is 239 g/mol. The molecule has 1 fully saturated rings. The Morgan fingerprint density at radius 2 is 1.71 bits per heavy atom. The Balaban J connectivity index is 2.15. The van der Waals surface area contributed by atoms with Crippen LogP contribution in [0.2, 0.25) is 0 Å². The highest BCUT2D eigenvalue weighted by Gasteiger charge is 2.25. The Bertz CT molecular complexity index is 200. The third kappa shape index (κ3) is 5.90. The second-order valence-electron chi connectivity index (χ2n) is 7.03. The SMILES string of the molecule is CC(C)CNCC(C)CC1CCC(C)C(C)C1. The van der Waals surface area contributed by atoms with E-state index in [9.17, 15) is 0 Å². The lowest BCUT2D eigenvalue weighted by molar-refractivity contribution is 0.184. The lowest BCUT2D eigenvalue weighted by atomic mass is 9.73. The molecule has 4 atom stereocenters. The molecule has 1 aliphatic rings. The highest BCUT2D eigenvalue weighted by molar-refractivity contribution is 4.77. The quantitative estimate of drug-likeness (QED) is 0.727. The zero-order valence-corrected chi connectivity index (χ0v) is 12.6. The fourth-order valence-electron chi connectivity index (χ4n) is 3.14. The molecule has 4 unspecified atom stereocenters. The van der Waals surface area contributed by atoms with E-state index in [1.807, 2.05) is 0 Å². The summed E-state index contributed by atoms with van der Waals surface area (Å²) in [5, 5.41) is 3.59. The molecular formula is C16H33N. The van der Waals surface area contributed by atoms with Crippen LogP contribution in [-0.2, 0) is 0 Å². The summed E-state index contributed by atoms with van der Waals surface area (Å²) in [5.41, 5.74) is 0. The summed E-state index contributed by atoms with van der Waals surface area (Å²) in [6, 6.07) is 0. The molecule has 0 amide bonds. The van der Waals surface area contributed by atoms with Crippen molar-refractivity contribution in [2.45, 2.75) is 60.3 Å². The first kappa shape index (κ1) is 15.0. The molecule has 1 heteroatoms. The highest BCUT2D eigenvalue weighted by Crippen LogP contribution is 2.36. The molecule has 1 N–H and O–H groups in total. The van der Waals surface area contributed by atoms with Crippen LogP contribution < -0.4 is 5.32 Å². The van der Waals surface area contributed by atoms with E-state index in [1.165, 1.54) is 38.8 Å². The van der Waals surface area contributed by atoms with E-state index < -0.39 is 0 Å². The molecule has 0 aromatic heterocycles. The van der Waals surface area contributed by atoms with Gasteiger partial charge in [-0.05, 0) is 55.5 Å². The van der Waals surface area contributed by atoms with E-state index in [4.69, 9.17) is 0 Å². The largest absolute Gasteiger partial charge is 0.316 e. The van der Waals surface area contributed by atoms with Gasteiger partial charge in [0.05, 0.1) is 0 Å². The molecule has 0 spiro atoms. The van der Waals surface area contributed by atoms with Gasteiger partial charge in [-0.2, -0.15) is 0 Å². The Kier molecular flexibility index (Phi) is 6.54. The first-order chi connectivity index (χ1) is 7.99. The van der Waals surface area contributed by atoms with Gasteiger partial charge in [0, 0.05) is 0 Å². The zero-order chi connectivity index (χ0) is 12.8. The van der Waals surface area contributed by atoms with Crippen molar-refractivity contribution in [3.05, 3.63) is 0 Å². The maximum Gasteiger partial charge on any atom is -0.00229 e. The summed E-state index contributed by atoms with van der Waals surface area (Å²) >= 11 is 0. The normalized spacial score (nSPS) is 31.8. The van der Waals surface area contributed by atoms with Crippen LogP contribution in [0.25, 0.3) is 0 Å². The van der Waals surface area contributed by atoms with Crippen LogP contribution >= 0.6 is 0 Å². The molecule has 17 heavy (non-hydrogen) atoms. The fraction of sp³-hybridized carbons (Fsp3) is 1.00. The van der Waals surface area contributed by atoms with Gasteiger partial charge in [-0.1, -0.05) is 47.5 Å². The van der Waals surface area contributed by atoms with E-state index in [0.717, 1.165) is 29.6 Å². The molecule has 1 saturated carbocycles. The van der Waals surface area contributed by atoms with Crippen molar-refractivity contribution in [2.75, 3.05) is 13.1 Å². The predicted octanol–water partition coefficient (Wildman–Crippen LogP) is 4.33. The van der Waals surface area contributed by atoms with Crippen LogP contribution in [0, 0.1) is 29.6 Å². The van der Waals surface area contributed by atoms with Gasteiger partial charge in [-0.15, -0.1) is 0 Å². The Morgan fingerprint density at radius 1 is 1.00 bits per heavy atom. The van der Waals surface area contributed by atoms with E-state index in [-0.39, 0.29) is 0 Å². The third-order valence-corrected chi connectivity index (χ3v) is 4.49. The molecule has 1 nitrogen and oxygen atoms in total. The summed E-state index contributed by atoms with van der Waals surface area (Å²) in [5.74, 6) is 4.53. The lowest BCUT2D eigenvalue weighted by Crippen LogP contribution is -2.28. The van der Waals surface area contributed by atoms with Crippen molar-refractivity contribution in [1.82, 2.24) is 5.32 Å². The molecule has 102 valence electrons. The van der Waals surface area contributed by atoms with Crippen LogP contribution in [0.1, 0.15) is 60.3 Å². The van der Waals surface area contributed by atoms with Crippen molar-refractivity contribution in [2.24, 2.45) is 29.6 Å². The standard InChI is InChI=1S/C16H33N/c1-12(2)10-17-11-13(3)8-16-7-6-14(4)15(5)9-16/h12-17H,6-11H2,1-5H3. The first-order valence-electron chi connectivity index (χ1n) is 7.69. The molecule has 0 aromatic rings. The van der Waals surface area contributed by atoms with Crippen molar-refractivity contribution >= 4 is 0 Å². The van der Waals surface area contributed by atoms with Crippen molar-refractivity contribution in [3.8, 4) is 0 Å². The topological polar surface area (TPSA) is 12.0 Å². The van der Waals surface area contributed by atoms with Gasteiger partial charge in [-0.25, -0.2) is 0 Å². The van der Waals surface area contributed by atoms with Gasteiger partial charge < -0.3 is 5.32 Å². The second kappa shape index (κ2) is 7.41. The molecule has 0 aliphatic heterocycles. The molecule has 0 heterocycles. The van der Waals surface area contributed by atoms with E-state index >= 15 is 0 Å². The summed E-state index contributed by atoms with van der Waals surface area (Å²) < 4.78 is 0. The fourth-order valence-corrected chi connectivity index (χ4v) is 3.14. The van der Waals surface area contributed by atoms with Gasteiger partial charge in [0.25, 0.3) is 0 Å². The van der Waals surface area contributed by atoms with E-state index in [0.29, 0.717) is 0 Å². The van der Waals surface area contributed by atoms with Gasteiger partial charge >= 0.3 is 0 Å². The smallest absolute Gasteiger partial charge is 0.00229 e. The Labute approximate surface area is 109 Å². The maximum atomic E-state index is 3.59. The van der Waals surface area contributed by atoms with Crippen LogP contribution in [0.15, 0.2) is 0 Å². The Hall–Kier alpha value is -0.0400. The van der Waals surface area contributed by atoms with Gasteiger partial charge in [0.1, 0.15) is 0 Å². The van der Waals surface area contributed by atoms with Crippen molar-refractivity contribution in [1.29, 1.82) is 0 Å². The minimum atomic E-state index is 0.776. The molecule has 0 aromatic carbocycles. The number of nitrogens with one attached hydrogen (secondary N) is 1. The first-order valence-corrected chi connectivity index (χ1v) is 7.69. The average Bonchev–Trinajstić information content (AvgIpc) is 2.23. The summed E-state index contributed by atoms with van der Waals surface area (Å²) in [7, 11) is 0. The van der Waals surface area contributed by atoms with Crippen LogP contribution in [0.3, 0.4) is 0 Å². The summed E-state index contributed by atoms with van der Waals surface area (Å²) in [6.45, 7) is 14.2. The number of hydrogen-bond donors (Lipinski definition) is 1. The molecular weight excluding hydrogens is 206 g/mol. The monoisotopic (exact) mass is 239 g/mol. The minimum absolute atomic E-state index is 0.776. The summed E-state index contributed by atoms with van der Waals surface area (Å²) in [4.78, 5) is 0. The van der Waals surface area contributed by atoms with Gasteiger partial charge in [-0.3, -0.25) is 0 Å². The molecule has 1 aliphatic carbocycles. The molecule has 1 rings (SSSR count). The maximum absolute atomic E-state index is 3.59. The van der Waals surface area contributed by atoms with Crippen molar-refractivity contribution < 1.29 is 0 Å².